The second-order valence-electron chi connectivity index (χ2n) is 6.43. The van der Waals surface area contributed by atoms with Gasteiger partial charge in [-0.2, -0.15) is 0 Å². The number of rotatable bonds is 2. The highest BCUT2D eigenvalue weighted by Gasteiger charge is 2.32. The van der Waals surface area contributed by atoms with E-state index in [-0.39, 0.29) is 6.04 Å². The summed E-state index contributed by atoms with van der Waals surface area (Å²) in [4.78, 5) is 12.4. The van der Waals surface area contributed by atoms with Crippen molar-refractivity contribution in [1.82, 2.24) is 25.0 Å². The van der Waals surface area contributed by atoms with Crippen LogP contribution in [0.4, 0.5) is 5.82 Å². The number of aromatic nitrogens is 3. The van der Waals surface area contributed by atoms with Crippen molar-refractivity contribution >= 4 is 22.9 Å². The van der Waals surface area contributed by atoms with Crippen LogP contribution < -0.4 is 10.2 Å². The first kappa shape index (κ1) is 14.3. The fraction of sp³-hybridized carbons (Fsp3) is 0.222. The molecule has 2 aliphatic heterocycles. The third-order valence-corrected chi connectivity index (χ3v) is 4.95. The molecule has 3 aromatic rings. The molecule has 0 saturated carbocycles. The molecular weight excluding hydrogens is 316 g/mol. The largest absolute Gasteiger partial charge is 0.481 e. The SMILES string of the molecule is COc1cc2c(-c3cc4c([nH]3)N=CC3=CNN(C)C34)cn(C)c2cn1. The molecule has 0 spiro atoms. The maximum Gasteiger partial charge on any atom is 0.213 e. The number of aryl methyl sites for hydroxylation is 1. The number of H-pyrrole nitrogens is 1. The number of hydrogen-bond donors (Lipinski definition) is 2. The lowest BCUT2D eigenvalue weighted by Gasteiger charge is -2.23. The lowest BCUT2D eigenvalue weighted by Crippen LogP contribution is -2.29. The predicted molar refractivity (Wildman–Crippen MR) is 96.9 cm³/mol. The first-order valence-corrected chi connectivity index (χ1v) is 8.11. The molecule has 0 aromatic carbocycles. The maximum absolute atomic E-state index is 5.30. The smallest absolute Gasteiger partial charge is 0.213 e. The van der Waals surface area contributed by atoms with Crippen LogP contribution in [0.15, 0.2) is 41.3 Å². The maximum atomic E-state index is 5.30. The number of likely N-dealkylation sites (N-methyl/N-ethyl adjacent to an activating group) is 1. The summed E-state index contributed by atoms with van der Waals surface area (Å²) < 4.78 is 7.38. The van der Waals surface area contributed by atoms with Crippen LogP contribution in [0, 0.1) is 0 Å². The normalized spacial score (nSPS) is 18.8. The number of hydrogen-bond acceptors (Lipinski definition) is 5. The van der Waals surface area contributed by atoms with Gasteiger partial charge in [-0.3, -0.25) is 0 Å². The van der Waals surface area contributed by atoms with Gasteiger partial charge in [0.2, 0.25) is 5.88 Å². The zero-order valence-electron chi connectivity index (χ0n) is 14.2. The third kappa shape index (κ3) is 1.96. The minimum absolute atomic E-state index is 0.184. The van der Waals surface area contributed by atoms with E-state index in [0.29, 0.717) is 5.88 Å². The predicted octanol–water partition coefficient (Wildman–Crippen LogP) is 2.67. The van der Waals surface area contributed by atoms with Crippen molar-refractivity contribution in [3.8, 4) is 17.1 Å². The molecule has 5 heterocycles. The molecule has 2 N–H and O–H groups in total. The Kier molecular flexibility index (Phi) is 2.84. The van der Waals surface area contributed by atoms with E-state index >= 15 is 0 Å². The van der Waals surface area contributed by atoms with Gasteiger partial charge in [0.05, 0.1) is 24.9 Å². The van der Waals surface area contributed by atoms with Crippen LogP contribution in [0.5, 0.6) is 5.88 Å². The molecule has 126 valence electrons. The van der Waals surface area contributed by atoms with E-state index in [4.69, 9.17) is 4.74 Å². The number of fused-ring (bicyclic) bond motifs is 4. The molecule has 25 heavy (non-hydrogen) atoms. The van der Waals surface area contributed by atoms with E-state index in [1.165, 1.54) is 11.1 Å². The van der Waals surface area contributed by atoms with Gasteiger partial charge in [0.15, 0.2) is 0 Å². The van der Waals surface area contributed by atoms with Crippen molar-refractivity contribution in [2.45, 2.75) is 6.04 Å². The van der Waals surface area contributed by atoms with E-state index in [2.05, 4.69) is 42.2 Å². The zero-order valence-corrected chi connectivity index (χ0v) is 14.2. The van der Waals surface area contributed by atoms with Crippen molar-refractivity contribution < 1.29 is 4.74 Å². The molecule has 1 atom stereocenters. The second kappa shape index (κ2) is 4.97. The van der Waals surface area contributed by atoms with E-state index in [0.717, 1.165) is 28.0 Å². The number of nitrogens with zero attached hydrogens (tertiary/aromatic N) is 4. The molecule has 0 fully saturated rings. The van der Waals surface area contributed by atoms with Gasteiger partial charge in [-0.25, -0.2) is 15.0 Å². The summed E-state index contributed by atoms with van der Waals surface area (Å²) in [5.74, 6) is 1.52. The number of ether oxygens (including phenoxy) is 1. The van der Waals surface area contributed by atoms with E-state index < -0.39 is 0 Å². The Morgan fingerprint density at radius 1 is 1.24 bits per heavy atom. The summed E-state index contributed by atoms with van der Waals surface area (Å²) >= 11 is 0. The third-order valence-electron chi connectivity index (χ3n) is 4.95. The summed E-state index contributed by atoms with van der Waals surface area (Å²) in [6.07, 6.45) is 7.87. The lowest BCUT2D eigenvalue weighted by molar-refractivity contribution is 0.253. The van der Waals surface area contributed by atoms with E-state index in [9.17, 15) is 0 Å². The number of nitrogens with one attached hydrogen (secondary N) is 2. The molecule has 7 heteroatoms. The van der Waals surface area contributed by atoms with Crippen molar-refractivity contribution in [3.05, 3.63) is 41.9 Å². The molecule has 3 aromatic heterocycles. The van der Waals surface area contributed by atoms with Crippen LogP contribution in [-0.4, -0.2) is 39.9 Å². The van der Waals surface area contributed by atoms with Crippen LogP contribution >= 0.6 is 0 Å². The molecule has 2 aliphatic rings. The number of hydrazine groups is 1. The molecule has 0 aliphatic carbocycles. The highest BCUT2D eigenvalue weighted by molar-refractivity contribution is 5.96. The Bertz CT molecular complexity index is 1060. The Hall–Kier alpha value is -3.06. The Labute approximate surface area is 144 Å². The van der Waals surface area contributed by atoms with Gasteiger partial charge < -0.3 is 19.7 Å². The van der Waals surface area contributed by atoms with Gasteiger partial charge in [-0.05, 0) is 6.07 Å². The molecule has 0 radical (unpaired) electrons. The summed E-state index contributed by atoms with van der Waals surface area (Å²) in [6, 6.07) is 4.35. The zero-order chi connectivity index (χ0) is 17.1. The van der Waals surface area contributed by atoms with E-state index in [1.54, 1.807) is 7.11 Å². The molecule has 0 amide bonds. The first-order chi connectivity index (χ1) is 12.2. The average Bonchev–Trinajstić information content (AvgIpc) is 3.30. The topological polar surface area (TPSA) is 70.5 Å². The quantitative estimate of drug-likeness (QED) is 0.756. The summed E-state index contributed by atoms with van der Waals surface area (Å²) in [5, 5.41) is 3.19. The fourth-order valence-corrected chi connectivity index (χ4v) is 3.69. The molecule has 0 bridgehead atoms. The Morgan fingerprint density at radius 3 is 2.96 bits per heavy atom. The fourth-order valence-electron chi connectivity index (χ4n) is 3.69. The van der Waals surface area contributed by atoms with Crippen LogP contribution in [-0.2, 0) is 7.05 Å². The Balaban J connectivity index is 1.69. The van der Waals surface area contributed by atoms with Gasteiger partial charge in [0.25, 0.3) is 0 Å². The number of aliphatic imine (C=N–C) groups is 1. The van der Waals surface area contributed by atoms with Crippen LogP contribution in [0.3, 0.4) is 0 Å². The van der Waals surface area contributed by atoms with Gasteiger partial charge in [0.1, 0.15) is 5.82 Å². The number of methoxy groups -OCH3 is 1. The van der Waals surface area contributed by atoms with Crippen molar-refractivity contribution in [3.63, 3.8) is 0 Å². The second-order valence-corrected chi connectivity index (χ2v) is 6.43. The van der Waals surface area contributed by atoms with Gasteiger partial charge in [-0.1, -0.05) is 0 Å². The van der Waals surface area contributed by atoms with Gasteiger partial charge >= 0.3 is 0 Å². The summed E-state index contributed by atoms with van der Waals surface area (Å²) in [6.45, 7) is 0. The molecular formula is C18H18N6O. The van der Waals surface area contributed by atoms with Crippen molar-refractivity contribution in [2.75, 3.05) is 14.2 Å². The standard InChI is InChI=1S/C18H18N6O/c1-23-9-13(11-5-16(25-3)19-8-15(11)23)14-4-12-17-10(7-21-24(17)2)6-20-18(12)22-14/h4-9,17,21-22H,1-3H3. The van der Waals surface area contributed by atoms with Crippen LogP contribution in [0.2, 0.25) is 0 Å². The molecule has 5 rings (SSSR count). The van der Waals surface area contributed by atoms with Gasteiger partial charge in [-0.15, -0.1) is 0 Å². The molecule has 0 saturated heterocycles. The van der Waals surface area contributed by atoms with Crippen molar-refractivity contribution in [2.24, 2.45) is 12.0 Å². The lowest BCUT2D eigenvalue weighted by atomic mass is 10.00. The summed E-state index contributed by atoms with van der Waals surface area (Å²) in [7, 11) is 5.70. The van der Waals surface area contributed by atoms with Crippen molar-refractivity contribution in [1.29, 1.82) is 0 Å². The highest BCUT2D eigenvalue weighted by Crippen LogP contribution is 2.42. The van der Waals surface area contributed by atoms with E-state index in [1.807, 2.05) is 38.8 Å². The monoisotopic (exact) mass is 334 g/mol. The first-order valence-electron chi connectivity index (χ1n) is 8.11. The van der Waals surface area contributed by atoms with Crippen LogP contribution in [0.1, 0.15) is 11.6 Å². The van der Waals surface area contributed by atoms with Crippen LogP contribution in [0.25, 0.3) is 22.2 Å². The summed E-state index contributed by atoms with van der Waals surface area (Å²) in [5.41, 5.74) is 8.80. The average molecular weight is 334 g/mol. The molecule has 1 unspecified atom stereocenters. The van der Waals surface area contributed by atoms with Gasteiger partial charge in [0, 0.05) is 66.6 Å². The highest BCUT2D eigenvalue weighted by atomic mass is 16.5. The Morgan fingerprint density at radius 2 is 2.12 bits per heavy atom. The minimum atomic E-state index is 0.184. The number of aromatic amines is 1. The number of pyridine rings is 1. The molecule has 7 nitrogen and oxygen atoms in total. The minimum Gasteiger partial charge on any atom is -0.481 e.